The Morgan fingerprint density at radius 2 is 1.74 bits per heavy atom. The molecule has 0 aliphatic carbocycles. The van der Waals surface area contributed by atoms with Gasteiger partial charge in [0.25, 0.3) is 0 Å². The van der Waals surface area contributed by atoms with E-state index in [2.05, 4.69) is 24.0 Å². The van der Waals surface area contributed by atoms with Gasteiger partial charge in [0.15, 0.2) is 0 Å². The number of aryl methyl sites for hydroxylation is 1. The number of hydrogen-bond acceptors (Lipinski definition) is 4. The number of hydrogen-bond donors (Lipinski definition) is 2. The van der Waals surface area contributed by atoms with Crippen LogP contribution < -0.4 is 0 Å². The van der Waals surface area contributed by atoms with Crippen LogP contribution in [0.15, 0.2) is 61.2 Å². The molecule has 0 amide bonds. The van der Waals surface area contributed by atoms with E-state index < -0.39 is 5.60 Å². The summed E-state index contributed by atoms with van der Waals surface area (Å²) in [4.78, 5) is 8.91. The molecule has 2 aromatic heterocycles. The summed E-state index contributed by atoms with van der Waals surface area (Å²) in [6.45, 7) is 7.40. The van der Waals surface area contributed by atoms with Gasteiger partial charge in [0.05, 0.1) is 11.1 Å². The molecule has 0 unspecified atom stereocenters. The number of fused-ring (bicyclic) bond motifs is 1. The molecule has 2 aromatic carbocycles. The zero-order valence-electron chi connectivity index (χ0n) is 18.3. The lowest BCUT2D eigenvalue weighted by molar-refractivity contribution is 0.102. The molecule has 6 heteroatoms. The van der Waals surface area contributed by atoms with Crippen molar-refractivity contribution in [1.82, 2.24) is 14.5 Å². The van der Waals surface area contributed by atoms with Crippen LogP contribution in [0.25, 0.3) is 27.8 Å². The molecule has 4 aromatic rings. The maximum absolute atomic E-state index is 9.55. The summed E-state index contributed by atoms with van der Waals surface area (Å²) in [5.41, 5.74) is 4.85. The third-order valence-electron chi connectivity index (χ3n) is 4.57. The molecule has 0 fully saturated rings. The third-order valence-corrected chi connectivity index (χ3v) is 4.83. The van der Waals surface area contributed by atoms with Crippen molar-refractivity contribution in [2.24, 2.45) is 0 Å². The van der Waals surface area contributed by atoms with Crippen molar-refractivity contribution in [3.63, 3.8) is 0 Å². The van der Waals surface area contributed by atoms with Gasteiger partial charge >= 0.3 is 0 Å². The fourth-order valence-corrected chi connectivity index (χ4v) is 3.48. The Balaban J connectivity index is 0.000000491. The lowest BCUT2D eigenvalue weighted by Gasteiger charge is -2.16. The molecule has 5 nitrogen and oxygen atoms in total. The highest BCUT2D eigenvalue weighted by Gasteiger charge is 2.14. The molecule has 0 spiro atoms. The van der Waals surface area contributed by atoms with E-state index in [0.29, 0.717) is 11.4 Å². The Kier molecular flexibility index (Phi) is 7.11. The van der Waals surface area contributed by atoms with Crippen molar-refractivity contribution in [3.8, 4) is 16.9 Å². The van der Waals surface area contributed by atoms with E-state index in [-0.39, 0.29) is 6.61 Å². The average Bonchev–Trinajstić information content (AvgIpc) is 3.23. The molecular formula is C25H28ClN3O2. The zero-order chi connectivity index (χ0) is 22.6. The fraction of sp³-hybridized carbons (Fsp3) is 0.280. The summed E-state index contributed by atoms with van der Waals surface area (Å²) in [7, 11) is 0. The second-order valence-electron chi connectivity index (χ2n) is 8.40. The molecular weight excluding hydrogens is 410 g/mol. The first-order chi connectivity index (χ1) is 14.7. The Morgan fingerprint density at radius 3 is 2.32 bits per heavy atom. The molecule has 162 valence electrons. The summed E-state index contributed by atoms with van der Waals surface area (Å²) in [5, 5.41) is 19.8. The van der Waals surface area contributed by atoms with Gasteiger partial charge in [-0.25, -0.2) is 9.97 Å². The summed E-state index contributed by atoms with van der Waals surface area (Å²) in [6, 6.07) is 14.0. The van der Waals surface area contributed by atoms with Gasteiger partial charge in [0, 0.05) is 29.4 Å². The van der Waals surface area contributed by atoms with E-state index in [4.69, 9.17) is 21.7 Å². The summed E-state index contributed by atoms with van der Waals surface area (Å²) < 4.78 is 1.89. The van der Waals surface area contributed by atoms with Crippen molar-refractivity contribution in [1.29, 1.82) is 0 Å². The van der Waals surface area contributed by atoms with Gasteiger partial charge in [-0.05, 0) is 86.7 Å². The van der Waals surface area contributed by atoms with Crippen LogP contribution in [0.1, 0.15) is 31.9 Å². The molecule has 0 radical (unpaired) electrons. The van der Waals surface area contributed by atoms with E-state index in [0.717, 1.165) is 39.0 Å². The van der Waals surface area contributed by atoms with Crippen LogP contribution >= 0.6 is 11.6 Å². The van der Waals surface area contributed by atoms with Crippen LogP contribution in [0.4, 0.5) is 0 Å². The Labute approximate surface area is 188 Å². The first-order valence-electron chi connectivity index (χ1n) is 10.2. The number of pyridine rings is 1. The van der Waals surface area contributed by atoms with Crippen molar-refractivity contribution >= 4 is 22.5 Å². The van der Waals surface area contributed by atoms with Crippen molar-refractivity contribution in [2.75, 3.05) is 6.61 Å². The van der Waals surface area contributed by atoms with Gasteiger partial charge in [0.2, 0.25) is 0 Å². The van der Waals surface area contributed by atoms with Crippen LogP contribution in [0.3, 0.4) is 0 Å². The number of benzene rings is 2. The van der Waals surface area contributed by atoms with E-state index in [9.17, 15) is 5.11 Å². The molecule has 0 aliphatic rings. The number of aliphatic hydroxyl groups is 2. The highest BCUT2D eigenvalue weighted by molar-refractivity contribution is 6.30. The van der Waals surface area contributed by atoms with Gasteiger partial charge in [-0.2, -0.15) is 0 Å². The lowest BCUT2D eigenvalue weighted by Crippen LogP contribution is -2.10. The monoisotopic (exact) mass is 437 g/mol. The quantitative estimate of drug-likeness (QED) is 0.450. The van der Waals surface area contributed by atoms with Crippen LogP contribution in [0.2, 0.25) is 5.02 Å². The van der Waals surface area contributed by atoms with Crippen molar-refractivity contribution < 1.29 is 10.2 Å². The largest absolute Gasteiger partial charge is 0.396 e. The van der Waals surface area contributed by atoms with Crippen LogP contribution in [-0.4, -0.2) is 37.0 Å². The maximum atomic E-state index is 9.55. The molecule has 2 heterocycles. The minimum Gasteiger partial charge on any atom is -0.396 e. The molecule has 0 aliphatic heterocycles. The second-order valence-corrected chi connectivity index (χ2v) is 8.84. The Bertz CT molecular complexity index is 1140. The number of halogens is 1. The fourth-order valence-electron chi connectivity index (χ4n) is 3.36. The summed E-state index contributed by atoms with van der Waals surface area (Å²) >= 11 is 6.07. The van der Waals surface area contributed by atoms with Gasteiger partial charge in [-0.3, -0.25) is 4.57 Å². The van der Waals surface area contributed by atoms with Gasteiger partial charge < -0.3 is 10.2 Å². The van der Waals surface area contributed by atoms with Crippen molar-refractivity contribution in [3.05, 3.63) is 77.3 Å². The Morgan fingerprint density at radius 1 is 1.06 bits per heavy atom. The van der Waals surface area contributed by atoms with Crippen molar-refractivity contribution in [2.45, 2.75) is 39.7 Å². The van der Waals surface area contributed by atoms with Crippen LogP contribution in [-0.2, 0) is 6.42 Å². The number of aromatic nitrogens is 3. The van der Waals surface area contributed by atoms with Gasteiger partial charge in [0.1, 0.15) is 12.1 Å². The third kappa shape index (κ3) is 5.91. The molecule has 0 atom stereocenters. The standard InChI is InChI=1S/C21H18ClN3O.C4H10O/c1-14-12-19-18(6-7-20(24-19)25-10-9-23-13-25)21(17(14)8-11-26)15-2-4-16(22)5-3-15;1-4(2,3)5/h2-7,9-10,12-13,26H,8,11H2,1H3;5H,1-3H3. The molecule has 0 saturated carbocycles. The highest BCUT2D eigenvalue weighted by Crippen LogP contribution is 2.35. The molecule has 31 heavy (non-hydrogen) atoms. The zero-order valence-corrected chi connectivity index (χ0v) is 19.1. The highest BCUT2D eigenvalue weighted by atomic mass is 35.5. The number of rotatable bonds is 4. The Hall–Kier alpha value is -2.73. The predicted molar refractivity (Wildman–Crippen MR) is 127 cm³/mol. The second kappa shape index (κ2) is 9.60. The number of nitrogens with zero attached hydrogens (tertiary/aromatic N) is 3. The van der Waals surface area contributed by atoms with Crippen LogP contribution in [0.5, 0.6) is 0 Å². The number of imidazole rings is 1. The van der Waals surface area contributed by atoms with Gasteiger partial charge in [-0.1, -0.05) is 23.7 Å². The molecule has 0 saturated heterocycles. The maximum Gasteiger partial charge on any atom is 0.138 e. The van der Waals surface area contributed by atoms with Crippen LogP contribution in [0, 0.1) is 6.92 Å². The van der Waals surface area contributed by atoms with E-state index in [1.54, 1.807) is 33.3 Å². The lowest BCUT2D eigenvalue weighted by atomic mass is 9.90. The smallest absolute Gasteiger partial charge is 0.138 e. The molecule has 2 N–H and O–H groups in total. The minimum absolute atomic E-state index is 0.105. The van der Waals surface area contributed by atoms with Gasteiger partial charge in [-0.15, -0.1) is 0 Å². The molecule has 0 bridgehead atoms. The van der Waals surface area contributed by atoms with E-state index >= 15 is 0 Å². The average molecular weight is 438 g/mol. The van der Waals surface area contributed by atoms with E-state index in [1.807, 2.05) is 41.1 Å². The topological polar surface area (TPSA) is 71.2 Å². The number of aliphatic hydroxyl groups excluding tert-OH is 1. The molecule has 4 rings (SSSR count). The van der Waals surface area contributed by atoms with E-state index in [1.165, 1.54) is 0 Å². The first-order valence-corrected chi connectivity index (χ1v) is 10.6. The minimum atomic E-state index is -0.500. The SMILES string of the molecule is CC(C)(C)O.Cc1cc2nc(-n3ccnc3)ccc2c(-c2ccc(Cl)cc2)c1CCO. The predicted octanol–water partition coefficient (Wildman–Crippen LogP) is 5.36. The summed E-state index contributed by atoms with van der Waals surface area (Å²) in [5.74, 6) is 0.825. The normalized spacial score (nSPS) is 11.3. The summed E-state index contributed by atoms with van der Waals surface area (Å²) in [6.07, 6.45) is 5.95. The first kappa shape index (κ1) is 22.9.